The molecule has 0 aromatic heterocycles. The van der Waals surface area contributed by atoms with Crippen molar-refractivity contribution in [2.24, 2.45) is 0 Å². The predicted molar refractivity (Wildman–Crippen MR) is 76.1 cm³/mol. The molecular formula is C16H23NO2. The minimum Gasteiger partial charge on any atom is -0.384 e. The standard InChI is InChI=1S/C16H23NO2/c1-12-11-15(14-7-5-4-6-8-14)13(2)17(12)16(18)9-10-19-3/h4-8,12-13,15H,9-11H2,1-3H3/t12-,13+,15-/m1/s1. The summed E-state index contributed by atoms with van der Waals surface area (Å²) in [5.41, 5.74) is 1.34. The van der Waals surface area contributed by atoms with E-state index in [1.165, 1.54) is 5.56 Å². The molecule has 0 unspecified atom stereocenters. The van der Waals surface area contributed by atoms with Crippen LogP contribution < -0.4 is 0 Å². The number of carbonyl (C=O) groups is 1. The third kappa shape index (κ3) is 2.98. The lowest BCUT2D eigenvalue weighted by molar-refractivity contribution is -0.134. The Morgan fingerprint density at radius 3 is 2.63 bits per heavy atom. The lowest BCUT2D eigenvalue weighted by Gasteiger charge is -2.28. The summed E-state index contributed by atoms with van der Waals surface area (Å²) >= 11 is 0. The van der Waals surface area contributed by atoms with Crippen molar-refractivity contribution < 1.29 is 9.53 Å². The molecule has 3 heteroatoms. The third-order valence-electron chi connectivity index (χ3n) is 4.13. The maximum Gasteiger partial charge on any atom is 0.225 e. The number of nitrogens with zero attached hydrogens (tertiary/aromatic N) is 1. The van der Waals surface area contributed by atoms with Crippen molar-refractivity contribution >= 4 is 5.91 Å². The summed E-state index contributed by atoms with van der Waals surface area (Å²) in [5, 5.41) is 0. The van der Waals surface area contributed by atoms with Crippen LogP contribution in [-0.2, 0) is 9.53 Å². The Morgan fingerprint density at radius 1 is 1.32 bits per heavy atom. The smallest absolute Gasteiger partial charge is 0.225 e. The Kier molecular flexibility index (Phi) is 4.59. The number of rotatable bonds is 4. The first-order chi connectivity index (χ1) is 9.15. The van der Waals surface area contributed by atoms with Crippen LogP contribution in [0.1, 0.15) is 38.2 Å². The molecule has 1 aliphatic rings. The van der Waals surface area contributed by atoms with Crippen molar-refractivity contribution in [1.82, 2.24) is 4.90 Å². The highest BCUT2D eigenvalue weighted by molar-refractivity contribution is 5.77. The van der Waals surface area contributed by atoms with Gasteiger partial charge in [0.2, 0.25) is 5.91 Å². The van der Waals surface area contributed by atoms with Gasteiger partial charge in [0.15, 0.2) is 0 Å². The zero-order valence-corrected chi connectivity index (χ0v) is 12.0. The molecule has 1 saturated heterocycles. The monoisotopic (exact) mass is 261 g/mol. The number of ether oxygens (including phenoxy) is 1. The first-order valence-corrected chi connectivity index (χ1v) is 7.00. The van der Waals surface area contributed by atoms with E-state index in [0.717, 1.165) is 6.42 Å². The van der Waals surface area contributed by atoms with Crippen LogP contribution in [0.15, 0.2) is 30.3 Å². The number of likely N-dealkylation sites (tertiary alicyclic amines) is 1. The first-order valence-electron chi connectivity index (χ1n) is 7.00. The molecule has 104 valence electrons. The maximum atomic E-state index is 12.2. The van der Waals surface area contributed by atoms with E-state index in [4.69, 9.17) is 4.74 Å². The van der Waals surface area contributed by atoms with Gasteiger partial charge in [-0.15, -0.1) is 0 Å². The topological polar surface area (TPSA) is 29.5 Å². The quantitative estimate of drug-likeness (QED) is 0.834. The predicted octanol–water partition coefficient (Wildman–Crippen LogP) is 2.82. The first kappa shape index (κ1) is 14.1. The summed E-state index contributed by atoms with van der Waals surface area (Å²) < 4.78 is 5.01. The van der Waals surface area contributed by atoms with Gasteiger partial charge in [-0.2, -0.15) is 0 Å². The van der Waals surface area contributed by atoms with E-state index >= 15 is 0 Å². The van der Waals surface area contributed by atoms with Crippen LogP contribution in [0.5, 0.6) is 0 Å². The van der Waals surface area contributed by atoms with Gasteiger partial charge in [0.1, 0.15) is 0 Å². The molecule has 1 aliphatic heterocycles. The van der Waals surface area contributed by atoms with Crippen LogP contribution in [0.4, 0.5) is 0 Å². The van der Waals surface area contributed by atoms with Crippen molar-refractivity contribution in [2.45, 2.75) is 44.7 Å². The second kappa shape index (κ2) is 6.20. The Labute approximate surface area is 115 Å². The fourth-order valence-corrected chi connectivity index (χ4v) is 3.18. The molecule has 1 amide bonds. The number of hydrogen-bond donors (Lipinski definition) is 0. The van der Waals surface area contributed by atoms with Gasteiger partial charge < -0.3 is 9.64 Å². The molecule has 0 saturated carbocycles. The number of carbonyl (C=O) groups excluding carboxylic acids is 1. The highest BCUT2D eigenvalue weighted by Crippen LogP contribution is 2.37. The van der Waals surface area contributed by atoms with E-state index < -0.39 is 0 Å². The van der Waals surface area contributed by atoms with E-state index in [0.29, 0.717) is 25.0 Å². The molecule has 1 aromatic rings. The molecular weight excluding hydrogens is 238 g/mol. The second-order valence-corrected chi connectivity index (χ2v) is 5.39. The molecule has 0 spiro atoms. The molecule has 0 N–H and O–H groups in total. The largest absolute Gasteiger partial charge is 0.384 e. The highest BCUT2D eigenvalue weighted by Gasteiger charge is 2.39. The minimum atomic E-state index is 0.209. The normalized spacial score (nSPS) is 26.7. The number of methoxy groups -OCH3 is 1. The van der Waals surface area contributed by atoms with Gasteiger partial charge in [0, 0.05) is 25.1 Å². The maximum absolute atomic E-state index is 12.2. The molecule has 1 fully saturated rings. The second-order valence-electron chi connectivity index (χ2n) is 5.39. The Morgan fingerprint density at radius 2 is 2.00 bits per heavy atom. The van der Waals surface area contributed by atoms with Crippen LogP contribution in [0.2, 0.25) is 0 Å². The molecule has 19 heavy (non-hydrogen) atoms. The van der Waals surface area contributed by atoms with Crippen LogP contribution in [0.25, 0.3) is 0 Å². The van der Waals surface area contributed by atoms with Crippen LogP contribution in [0, 0.1) is 0 Å². The molecule has 1 heterocycles. The highest BCUT2D eigenvalue weighted by atomic mass is 16.5. The van der Waals surface area contributed by atoms with Gasteiger partial charge in [-0.05, 0) is 25.8 Å². The van der Waals surface area contributed by atoms with Crippen LogP contribution in [-0.4, -0.2) is 36.6 Å². The SMILES string of the molecule is COCCC(=O)N1[C@H](C)C[C@@H](c2ccccc2)[C@@H]1C. The van der Waals surface area contributed by atoms with Crippen molar-refractivity contribution in [3.63, 3.8) is 0 Å². The van der Waals surface area contributed by atoms with Gasteiger partial charge >= 0.3 is 0 Å². The van der Waals surface area contributed by atoms with Crippen molar-refractivity contribution in [3.8, 4) is 0 Å². The van der Waals surface area contributed by atoms with Gasteiger partial charge in [-0.3, -0.25) is 4.79 Å². The van der Waals surface area contributed by atoms with Gasteiger partial charge in [-0.1, -0.05) is 30.3 Å². The molecule has 3 nitrogen and oxygen atoms in total. The number of benzene rings is 1. The van der Waals surface area contributed by atoms with Gasteiger partial charge in [-0.25, -0.2) is 0 Å². The fourth-order valence-electron chi connectivity index (χ4n) is 3.18. The van der Waals surface area contributed by atoms with Crippen molar-refractivity contribution in [3.05, 3.63) is 35.9 Å². The Balaban J connectivity index is 2.10. The average Bonchev–Trinajstić information content (AvgIpc) is 2.72. The Bertz CT molecular complexity index is 418. The summed E-state index contributed by atoms with van der Waals surface area (Å²) in [6, 6.07) is 11.1. The lowest BCUT2D eigenvalue weighted by atomic mass is 9.92. The zero-order chi connectivity index (χ0) is 13.8. The molecule has 3 atom stereocenters. The summed E-state index contributed by atoms with van der Waals surface area (Å²) in [4.78, 5) is 14.3. The number of hydrogen-bond acceptors (Lipinski definition) is 2. The molecule has 0 radical (unpaired) electrons. The van der Waals surface area contributed by atoms with Crippen LogP contribution in [0.3, 0.4) is 0 Å². The van der Waals surface area contributed by atoms with E-state index in [1.807, 2.05) is 11.0 Å². The van der Waals surface area contributed by atoms with Crippen molar-refractivity contribution in [1.29, 1.82) is 0 Å². The summed E-state index contributed by atoms with van der Waals surface area (Å²) in [6.07, 6.45) is 1.52. The molecule has 2 rings (SSSR count). The average molecular weight is 261 g/mol. The zero-order valence-electron chi connectivity index (χ0n) is 12.0. The summed E-state index contributed by atoms with van der Waals surface area (Å²) in [5.74, 6) is 0.656. The van der Waals surface area contributed by atoms with E-state index in [-0.39, 0.29) is 11.9 Å². The fraction of sp³-hybridized carbons (Fsp3) is 0.562. The Hall–Kier alpha value is -1.35. The third-order valence-corrected chi connectivity index (χ3v) is 4.13. The summed E-state index contributed by atoms with van der Waals surface area (Å²) in [7, 11) is 1.64. The van der Waals surface area contributed by atoms with Crippen LogP contribution >= 0.6 is 0 Å². The van der Waals surface area contributed by atoms with E-state index in [9.17, 15) is 4.79 Å². The molecule has 0 aliphatic carbocycles. The van der Waals surface area contributed by atoms with Crippen molar-refractivity contribution in [2.75, 3.05) is 13.7 Å². The van der Waals surface area contributed by atoms with E-state index in [2.05, 4.69) is 38.1 Å². The summed E-state index contributed by atoms with van der Waals surface area (Å²) in [6.45, 7) is 4.81. The molecule has 0 bridgehead atoms. The number of amides is 1. The minimum absolute atomic E-state index is 0.209. The van der Waals surface area contributed by atoms with Gasteiger partial charge in [0.25, 0.3) is 0 Å². The lowest BCUT2D eigenvalue weighted by Crippen LogP contribution is -2.39. The van der Waals surface area contributed by atoms with E-state index in [1.54, 1.807) is 7.11 Å². The van der Waals surface area contributed by atoms with Gasteiger partial charge in [0.05, 0.1) is 13.0 Å². The molecule has 1 aromatic carbocycles.